The average Bonchev–Trinajstić information content (AvgIpc) is 2.68. The maximum absolute atomic E-state index is 12.5. The van der Waals surface area contributed by atoms with Crippen LogP contribution < -0.4 is 38.5 Å². The number of rotatable bonds is 3. The number of fused-ring (bicyclic) bond motifs is 2. The van der Waals surface area contributed by atoms with Crippen LogP contribution in [-0.2, 0) is 4.79 Å². The molecular weight excluding hydrogens is 384 g/mol. The minimum absolute atomic E-state index is 0.0243. The van der Waals surface area contributed by atoms with Crippen molar-refractivity contribution in [2.75, 3.05) is 47.1 Å². The molecule has 0 radical (unpaired) electrons. The fourth-order valence-corrected chi connectivity index (χ4v) is 3.03. The Balaban J connectivity index is 1.84. The van der Waals surface area contributed by atoms with Crippen LogP contribution in [0.3, 0.4) is 0 Å². The van der Waals surface area contributed by atoms with Crippen molar-refractivity contribution in [3.63, 3.8) is 0 Å². The number of Topliss-reactive ketones (excluding diaryl/α,β-unsaturated/α-hetero) is 1. The van der Waals surface area contributed by atoms with E-state index in [-0.39, 0.29) is 65.0 Å². The third-order valence-corrected chi connectivity index (χ3v) is 4.24. The van der Waals surface area contributed by atoms with Gasteiger partial charge in [0.25, 0.3) is 11.1 Å². The molecule has 14 nitrogen and oxygen atoms in total. The molecule has 0 spiro atoms. The topological polar surface area (TPSA) is 229 Å². The van der Waals surface area contributed by atoms with E-state index in [1.54, 1.807) is 0 Å². The first-order valence-corrected chi connectivity index (χ1v) is 8.37. The molecule has 150 valence electrons. The molecule has 0 saturated heterocycles. The lowest BCUT2D eigenvalue weighted by molar-refractivity contribution is -0.117. The van der Waals surface area contributed by atoms with Crippen molar-refractivity contribution in [1.29, 1.82) is 0 Å². The minimum Gasteiger partial charge on any atom is -0.388 e. The zero-order valence-electron chi connectivity index (χ0n) is 14.8. The van der Waals surface area contributed by atoms with E-state index < -0.39 is 23.5 Å². The molecule has 4 rings (SSSR count). The molecule has 2 aromatic rings. The normalized spacial score (nSPS) is 16.4. The number of nitrogens with one attached hydrogen (secondary N) is 5. The van der Waals surface area contributed by atoms with Crippen LogP contribution in [0, 0.1) is 0 Å². The van der Waals surface area contributed by atoms with Gasteiger partial charge in [-0.15, -0.1) is 0 Å². The SMILES string of the molecule is Nc1nc2c(c(=O)[nH]1)N=C(C(C(=O)CO)=C1CNc3nc(N)[nH]c(=O)c3N1)CN2. The highest BCUT2D eigenvalue weighted by molar-refractivity contribution is 6.26. The summed E-state index contributed by atoms with van der Waals surface area (Å²) in [6.45, 7) is -0.684. The molecule has 0 aliphatic carbocycles. The Morgan fingerprint density at radius 3 is 2.38 bits per heavy atom. The number of aromatic amines is 2. The van der Waals surface area contributed by atoms with E-state index in [0.29, 0.717) is 0 Å². The molecule has 0 unspecified atom stereocenters. The van der Waals surface area contributed by atoms with Gasteiger partial charge >= 0.3 is 0 Å². The molecule has 4 heterocycles. The van der Waals surface area contributed by atoms with Crippen LogP contribution in [0.25, 0.3) is 0 Å². The number of carbonyl (C=O) groups is 1. The van der Waals surface area contributed by atoms with Crippen molar-refractivity contribution < 1.29 is 9.90 Å². The average molecular weight is 400 g/mol. The number of aliphatic hydroxyl groups excluding tert-OH is 1. The van der Waals surface area contributed by atoms with Gasteiger partial charge in [0.2, 0.25) is 11.9 Å². The van der Waals surface area contributed by atoms with Gasteiger partial charge in [0.15, 0.2) is 23.1 Å². The summed E-state index contributed by atoms with van der Waals surface area (Å²) in [4.78, 5) is 53.6. The first-order valence-electron chi connectivity index (χ1n) is 8.37. The number of aliphatic hydroxyl groups is 1. The molecule has 0 bridgehead atoms. The van der Waals surface area contributed by atoms with Crippen LogP contribution in [-0.4, -0.2) is 56.2 Å². The van der Waals surface area contributed by atoms with Crippen LogP contribution in [0.1, 0.15) is 0 Å². The third-order valence-electron chi connectivity index (χ3n) is 4.24. The fourth-order valence-electron chi connectivity index (χ4n) is 3.03. The monoisotopic (exact) mass is 400 g/mol. The van der Waals surface area contributed by atoms with E-state index in [4.69, 9.17) is 11.5 Å². The van der Waals surface area contributed by atoms with E-state index in [9.17, 15) is 19.5 Å². The van der Waals surface area contributed by atoms with E-state index in [1.165, 1.54) is 0 Å². The Hall–Kier alpha value is -4.20. The number of nitrogens with two attached hydrogens (primary N) is 2. The second kappa shape index (κ2) is 6.75. The number of ketones is 1. The zero-order valence-corrected chi connectivity index (χ0v) is 14.8. The van der Waals surface area contributed by atoms with Gasteiger partial charge < -0.3 is 32.5 Å². The smallest absolute Gasteiger partial charge is 0.280 e. The highest BCUT2D eigenvalue weighted by Gasteiger charge is 2.28. The lowest BCUT2D eigenvalue weighted by atomic mass is 10.0. The predicted molar refractivity (Wildman–Crippen MR) is 105 cm³/mol. The van der Waals surface area contributed by atoms with Gasteiger partial charge in [0.1, 0.15) is 12.3 Å². The number of H-pyrrole nitrogens is 2. The number of anilines is 5. The van der Waals surface area contributed by atoms with Gasteiger partial charge in [-0.3, -0.25) is 24.4 Å². The summed E-state index contributed by atoms with van der Waals surface area (Å²) < 4.78 is 0. The number of hydrogen-bond donors (Lipinski definition) is 8. The van der Waals surface area contributed by atoms with E-state index in [2.05, 4.69) is 40.9 Å². The van der Waals surface area contributed by atoms with Crippen LogP contribution in [0.2, 0.25) is 0 Å². The molecule has 0 atom stereocenters. The molecule has 0 amide bonds. The highest BCUT2D eigenvalue weighted by Crippen LogP contribution is 2.27. The highest BCUT2D eigenvalue weighted by atomic mass is 16.3. The van der Waals surface area contributed by atoms with Gasteiger partial charge in [-0.25, -0.2) is 4.99 Å². The Morgan fingerprint density at radius 1 is 1.00 bits per heavy atom. The van der Waals surface area contributed by atoms with Gasteiger partial charge in [-0.05, 0) is 0 Å². The number of hydrogen-bond acceptors (Lipinski definition) is 12. The van der Waals surface area contributed by atoms with Crippen LogP contribution in [0.4, 0.5) is 34.9 Å². The molecule has 29 heavy (non-hydrogen) atoms. The van der Waals surface area contributed by atoms with Crippen LogP contribution >= 0.6 is 0 Å². The number of carbonyl (C=O) groups excluding carboxylic acids is 1. The van der Waals surface area contributed by atoms with E-state index in [1.807, 2.05) is 0 Å². The lowest BCUT2D eigenvalue weighted by Crippen LogP contribution is -2.34. The van der Waals surface area contributed by atoms with E-state index in [0.717, 1.165) is 0 Å². The largest absolute Gasteiger partial charge is 0.388 e. The van der Waals surface area contributed by atoms with Crippen LogP contribution in [0.15, 0.2) is 25.9 Å². The van der Waals surface area contributed by atoms with Crippen molar-refractivity contribution in [3.8, 4) is 0 Å². The minimum atomic E-state index is -0.800. The number of aromatic nitrogens is 4. The zero-order chi connectivity index (χ0) is 20.7. The molecule has 14 heteroatoms. The summed E-state index contributed by atoms with van der Waals surface area (Å²) in [6, 6.07) is 0. The number of aliphatic imine (C=N–C) groups is 1. The van der Waals surface area contributed by atoms with Crippen molar-refractivity contribution in [2.45, 2.75) is 0 Å². The fraction of sp³-hybridized carbons (Fsp3) is 0.200. The first-order chi connectivity index (χ1) is 13.9. The molecule has 2 aromatic heterocycles. The van der Waals surface area contributed by atoms with Gasteiger partial charge in [-0.2, -0.15) is 9.97 Å². The van der Waals surface area contributed by atoms with Crippen LogP contribution in [0.5, 0.6) is 0 Å². The van der Waals surface area contributed by atoms with Gasteiger partial charge in [0, 0.05) is 5.70 Å². The second-order valence-electron chi connectivity index (χ2n) is 6.15. The molecular formula is C15H16N10O4. The summed E-state index contributed by atoms with van der Waals surface area (Å²) >= 11 is 0. The summed E-state index contributed by atoms with van der Waals surface area (Å²) in [6.07, 6.45) is 0. The molecule has 2 aliphatic rings. The van der Waals surface area contributed by atoms with Crippen molar-refractivity contribution in [1.82, 2.24) is 19.9 Å². The van der Waals surface area contributed by atoms with Crippen molar-refractivity contribution in [3.05, 3.63) is 32.0 Å². The maximum Gasteiger partial charge on any atom is 0.280 e. The Labute approximate surface area is 161 Å². The molecule has 10 N–H and O–H groups in total. The third kappa shape index (κ3) is 3.16. The van der Waals surface area contributed by atoms with E-state index >= 15 is 0 Å². The molecule has 0 saturated carbocycles. The first kappa shape index (κ1) is 18.2. The Morgan fingerprint density at radius 2 is 1.66 bits per heavy atom. The lowest BCUT2D eigenvalue weighted by Gasteiger charge is -2.25. The Kier molecular flexibility index (Phi) is 4.23. The summed E-state index contributed by atoms with van der Waals surface area (Å²) in [5, 5.41) is 18.1. The molecule has 0 fully saturated rings. The van der Waals surface area contributed by atoms with Crippen molar-refractivity contribution in [2.24, 2.45) is 4.99 Å². The molecule has 2 aliphatic heterocycles. The van der Waals surface area contributed by atoms with Crippen molar-refractivity contribution >= 4 is 46.4 Å². The summed E-state index contributed by atoms with van der Waals surface area (Å²) in [5.74, 6) is -0.402. The standard InChI is InChI=1S/C15H16N10O4/c16-14-22-10-8(12(28)24-14)20-4(1-18-10)7(6(27)3-26)5-2-19-11-9(21-5)13(29)25-15(17)23-11/h20,26H,1-3H2,(H4,16,18,22,24,28)(H4,17,19,23,25,29). The summed E-state index contributed by atoms with van der Waals surface area (Å²) in [7, 11) is 0. The number of nitrogens with zero attached hydrogens (tertiary/aromatic N) is 3. The maximum atomic E-state index is 12.5. The Bertz CT molecular complexity index is 1210. The quantitative estimate of drug-likeness (QED) is 0.259. The molecule has 0 aromatic carbocycles. The van der Waals surface area contributed by atoms with Gasteiger partial charge in [0.05, 0.1) is 24.4 Å². The van der Waals surface area contributed by atoms with Gasteiger partial charge in [-0.1, -0.05) is 0 Å². The second-order valence-corrected chi connectivity index (χ2v) is 6.15. The summed E-state index contributed by atoms with van der Waals surface area (Å²) in [5.41, 5.74) is 10.4. The predicted octanol–water partition coefficient (Wildman–Crippen LogP) is -2.13. The number of nitrogen functional groups attached to an aromatic ring is 2.